The monoisotopic (exact) mass is 245 g/mol. The molecule has 0 aliphatic rings. The largest absolute Gasteiger partial charge is 0.481 e. The van der Waals surface area contributed by atoms with E-state index in [4.69, 9.17) is 5.11 Å². The molecule has 0 radical (unpaired) electrons. The number of carbonyl (C=O) groups excluding carboxylic acids is 1. The van der Waals surface area contributed by atoms with Gasteiger partial charge in [-0.05, 0) is 20.0 Å². The van der Waals surface area contributed by atoms with E-state index in [0.717, 1.165) is 6.54 Å². The third-order valence-electron chi connectivity index (χ3n) is 2.45. The third kappa shape index (κ3) is 7.57. The molecule has 1 atom stereocenters. The Hall–Kier alpha value is -1.30. The van der Waals surface area contributed by atoms with Crippen molar-refractivity contribution >= 4 is 12.0 Å². The van der Waals surface area contributed by atoms with Gasteiger partial charge in [0.15, 0.2) is 0 Å². The SMILES string of the molecule is CC(C)C(CNC(=O)NCCN(C)C)C(=O)O. The number of likely N-dealkylation sites (N-methyl/N-ethyl adjacent to an activating group) is 1. The lowest BCUT2D eigenvalue weighted by Crippen LogP contribution is -2.43. The highest BCUT2D eigenvalue weighted by Crippen LogP contribution is 2.09. The van der Waals surface area contributed by atoms with Gasteiger partial charge in [-0.15, -0.1) is 0 Å². The maximum Gasteiger partial charge on any atom is 0.314 e. The second-order valence-electron chi connectivity index (χ2n) is 4.63. The maximum atomic E-state index is 11.3. The van der Waals surface area contributed by atoms with Crippen LogP contribution in [0.5, 0.6) is 0 Å². The molecule has 1 unspecified atom stereocenters. The predicted octanol–water partition coefficient (Wildman–Crippen LogP) is 0.204. The highest BCUT2D eigenvalue weighted by Gasteiger charge is 2.21. The molecule has 0 aromatic heterocycles. The topological polar surface area (TPSA) is 81.7 Å². The molecule has 0 saturated carbocycles. The standard InChI is InChI=1S/C11H23N3O3/c1-8(2)9(10(15)16)7-13-11(17)12-5-6-14(3)4/h8-9H,5-7H2,1-4H3,(H,15,16)(H2,12,13,17). The molecule has 17 heavy (non-hydrogen) atoms. The van der Waals surface area contributed by atoms with Crippen LogP contribution in [-0.2, 0) is 4.79 Å². The minimum atomic E-state index is -0.881. The Balaban J connectivity index is 3.85. The van der Waals surface area contributed by atoms with E-state index in [0.29, 0.717) is 6.54 Å². The van der Waals surface area contributed by atoms with Gasteiger partial charge >= 0.3 is 12.0 Å². The van der Waals surface area contributed by atoms with Crippen LogP contribution in [0, 0.1) is 11.8 Å². The van der Waals surface area contributed by atoms with Gasteiger partial charge in [-0.3, -0.25) is 4.79 Å². The zero-order chi connectivity index (χ0) is 13.4. The molecule has 0 heterocycles. The van der Waals surface area contributed by atoms with E-state index in [2.05, 4.69) is 10.6 Å². The number of amides is 2. The summed E-state index contributed by atoms with van der Waals surface area (Å²) < 4.78 is 0. The molecule has 0 saturated heterocycles. The van der Waals surface area contributed by atoms with Gasteiger partial charge in [0.05, 0.1) is 5.92 Å². The average Bonchev–Trinajstić information content (AvgIpc) is 2.15. The summed E-state index contributed by atoms with van der Waals surface area (Å²) in [5.41, 5.74) is 0. The molecule has 0 aliphatic carbocycles. The number of nitrogens with zero attached hydrogens (tertiary/aromatic N) is 1. The zero-order valence-corrected chi connectivity index (χ0v) is 11.0. The summed E-state index contributed by atoms with van der Waals surface area (Å²) >= 11 is 0. The lowest BCUT2D eigenvalue weighted by atomic mass is 9.96. The molecule has 0 aromatic carbocycles. The zero-order valence-electron chi connectivity index (χ0n) is 11.0. The number of aliphatic carboxylic acids is 1. The van der Waals surface area contributed by atoms with Gasteiger partial charge in [-0.1, -0.05) is 13.8 Å². The average molecular weight is 245 g/mol. The van der Waals surface area contributed by atoms with Gasteiger partial charge in [0.2, 0.25) is 0 Å². The highest BCUT2D eigenvalue weighted by atomic mass is 16.4. The van der Waals surface area contributed by atoms with E-state index in [9.17, 15) is 9.59 Å². The normalized spacial score (nSPS) is 12.6. The number of hydrogen-bond acceptors (Lipinski definition) is 3. The summed E-state index contributed by atoms with van der Waals surface area (Å²) in [5.74, 6) is -1.43. The Morgan fingerprint density at radius 3 is 2.24 bits per heavy atom. The highest BCUT2D eigenvalue weighted by molar-refractivity contribution is 5.75. The smallest absolute Gasteiger partial charge is 0.314 e. The summed E-state index contributed by atoms with van der Waals surface area (Å²) in [4.78, 5) is 24.2. The predicted molar refractivity (Wildman–Crippen MR) is 65.9 cm³/mol. The first kappa shape index (κ1) is 15.7. The Bertz CT molecular complexity index is 254. The number of nitrogens with one attached hydrogen (secondary N) is 2. The van der Waals surface area contributed by atoms with Crippen molar-refractivity contribution in [3.8, 4) is 0 Å². The van der Waals surface area contributed by atoms with Crippen LogP contribution in [0.1, 0.15) is 13.8 Å². The Kier molecular flexibility index (Phi) is 7.29. The molecule has 0 spiro atoms. The van der Waals surface area contributed by atoms with Crippen molar-refractivity contribution in [3.63, 3.8) is 0 Å². The molecule has 100 valence electrons. The van der Waals surface area contributed by atoms with Crippen molar-refractivity contribution in [1.29, 1.82) is 0 Å². The summed E-state index contributed by atoms with van der Waals surface area (Å²) in [6, 6.07) is -0.321. The van der Waals surface area contributed by atoms with E-state index >= 15 is 0 Å². The molecule has 0 aromatic rings. The van der Waals surface area contributed by atoms with Crippen LogP contribution in [0.25, 0.3) is 0 Å². The van der Waals surface area contributed by atoms with Crippen molar-refractivity contribution < 1.29 is 14.7 Å². The second kappa shape index (κ2) is 7.89. The summed E-state index contributed by atoms with van der Waals surface area (Å²) in [6.45, 7) is 5.09. The number of urea groups is 1. The number of rotatable bonds is 7. The summed E-state index contributed by atoms with van der Waals surface area (Å²) in [6.07, 6.45) is 0. The fourth-order valence-electron chi connectivity index (χ4n) is 1.27. The molecule has 6 heteroatoms. The summed E-state index contributed by atoms with van der Waals surface area (Å²) in [7, 11) is 3.83. The maximum absolute atomic E-state index is 11.3. The van der Waals surface area contributed by atoms with Gasteiger partial charge in [-0.25, -0.2) is 4.79 Å². The first-order valence-electron chi connectivity index (χ1n) is 5.73. The minimum absolute atomic E-state index is 0.00502. The molecule has 2 amide bonds. The van der Waals surface area contributed by atoms with Gasteiger partial charge < -0.3 is 20.6 Å². The van der Waals surface area contributed by atoms with Gasteiger partial charge in [0.1, 0.15) is 0 Å². The first-order valence-corrected chi connectivity index (χ1v) is 5.73. The number of hydrogen-bond donors (Lipinski definition) is 3. The van der Waals surface area contributed by atoms with Crippen LogP contribution >= 0.6 is 0 Å². The molecular formula is C11H23N3O3. The number of carbonyl (C=O) groups is 2. The van der Waals surface area contributed by atoms with Crippen LogP contribution in [0.15, 0.2) is 0 Å². The van der Waals surface area contributed by atoms with Crippen molar-refractivity contribution in [1.82, 2.24) is 15.5 Å². The summed E-state index contributed by atoms with van der Waals surface area (Å²) in [5, 5.41) is 14.2. The Morgan fingerprint density at radius 2 is 1.82 bits per heavy atom. The molecule has 0 fully saturated rings. The van der Waals surface area contributed by atoms with E-state index in [1.165, 1.54) is 0 Å². The number of carboxylic acids is 1. The van der Waals surface area contributed by atoms with Crippen molar-refractivity contribution in [3.05, 3.63) is 0 Å². The fourth-order valence-corrected chi connectivity index (χ4v) is 1.27. The van der Waals surface area contributed by atoms with Crippen molar-refractivity contribution in [2.75, 3.05) is 33.7 Å². The quantitative estimate of drug-likeness (QED) is 0.598. The van der Waals surface area contributed by atoms with E-state index in [-0.39, 0.29) is 18.5 Å². The van der Waals surface area contributed by atoms with Gasteiger partial charge in [-0.2, -0.15) is 0 Å². The molecular weight excluding hydrogens is 222 g/mol. The second-order valence-corrected chi connectivity index (χ2v) is 4.63. The van der Waals surface area contributed by atoms with Crippen LogP contribution in [0.2, 0.25) is 0 Å². The molecule has 0 rings (SSSR count). The van der Waals surface area contributed by atoms with E-state index in [1.807, 2.05) is 32.8 Å². The lowest BCUT2D eigenvalue weighted by molar-refractivity contribution is -0.142. The van der Waals surface area contributed by atoms with Crippen LogP contribution in [-0.4, -0.2) is 55.7 Å². The van der Waals surface area contributed by atoms with Crippen LogP contribution < -0.4 is 10.6 Å². The van der Waals surface area contributed by atoms with Crippen LogP contribution in [0.4, 0.5) is 4.79 Å². The Labute approximate surface area is 102 Å². The Morgan fingerprint density at radius 1 is 1.24 bits per heavy atom. The lowest BCUT2D eigenvalue weighted by Gasteiger charge is -2.17. The third-order valence-corrected chi connectivity index (χ3v) is 2.45. The van der Waals surface area contributed by atoms with Gasteiger partial charge in [0, 0.05) is 19.6 Å². The van der Waals surface area contributed by atoms with E-state index in [1.54, 1.807) is 0 Å². The van der Waals surface area contributed by atoms with Crippen molar-refractivity contribution in [2.24, 2.45) is 11.8 Å². The number of carboxylic acid groups (broad SMARTS) is 1. The molecule has 6 nitrogen and oxygen atoms in total. The molecule has 0 aliphatic heterocycles. The van der Waals surface area contributed by atoms with Crippen molar-refractivity contribution in [2.45, 2.75) is 13.8 Å². The first-order chi connectivity index (χ1) is 7.84. The van der Waals surface area contributed by atoms with E-state index < -0.39 is 11.9 Å². The molecule has 0 bridgehead atoms. The fraction of sp³-hybridized carbons (Fsp3) is 0.818. The van der Waals surface area contributed by atoms with Gasteiger partial charge in [0.25, 0.3) is 0 Å². The molecule has 3 N–H and O–H groups in total. The minimum Gasteiger partial charge on any atom is -0.481 e. The van der Waals surface area contributed by atoms with Crippen LogP contribution in [0.3, 0.4) is 0 Å².